The lowest BCUT2D eigenvalue weighted by molar-refractivity contribution is 0.380. The highest BCUT2D eigenvalue weighted by Crippen LogP contribution is 2.28. The van der Waals surface area contributed by atoms with Gasteiger partial charge in [-0.25, -0.2) is 24.5 Å². The van der Waals surface area contributed by atoms with Crippen LogP contribution in [-0.2, 0) is 0 Å². The van der Waals surface area contributed by atoms with Crippen LogP contribution in [0.3, 0.4) is 0 Å². The third-order valence-electron chi connectivity index (χ3n) is 5.37. The predicted molar refractivity (Wildman–Crippen MR) is 128 cm³/mol. The average molecular weight is 482 g/mol. The van der Waals surface area contributed by atoms with Crippen LogP contribution < -0.4 is 21.3 Å². The van der Waals surface area contributed by atoms with Gasteiger partial charge in [-0.1, -0.05) is 17.3 Å². The van der Waals surface area contributed by atoms with Crippen LogP contribution in [0.4, 0.5) is 11.8 Å². The third kappa shape index (κ3) is 3.92. The molecule has 4 aromatic heterocycles. The number of nitrogens with one attached hydrogen (secondary N) is 1. The van der Waals surface area contributed by atoms with Crippen molar-refractivity contribution >= 4 is 22.7 Å². The van der Waals surface area contributed by atoms with Gasteiger partial charge in [0.05, 0.1) is 30.3 Å². The zero-order valence-electron chi connectivity index (χ0n) is 19.1. The second-order valence-corrected chi connectivity index (χ2v) is 7.59. The molecule has 1 atom stereocenters. The zero-order valence-corrected chi connectivity index (χ0v) is 19.1. The highest BCUT2D eigenvalue weighted by atomic mass is 16.5. The molecule has 0 saturated heterocycles. The number of nitriles is 1. The smallest absolute Gasteiger partial charge is 0.316 e. The van der Waals surface area contributed by atoms with E-state index in [1.54, 1.807) is 43.6 Å². The van der Waals surface area contributed by atoms with E-state index in [1.807, 2.05) is 6.07 Å². The maximum atomic E-state index is 13.9. The minimum Gasteiger partial charge on any atom is -0.467 e. The Labute approximate surface area is 203 Å². The Balaban J connectivity index is 1.71. The van der Waals surface area contributed by atoms with Crippen molar-refractivity contribution < 1.29 is 9.26 Å². The maximum Gasteiger partial charge on any atom is 0.316 e. The van der Waals surface area contributed by atoms with Crippen molar-refractivity contribution in [3.05, 3.63) is 70.9 Å². The first-order valence-corrected chi connectivity index (χ1v) is 10.6. The SMILES string of the molecule is COc1ncc(-c2cccc3nc([C@@H](C)Nc4nc(N)ncc4C#N)n(-c4ccon4)c(=O)c23)cn1. The minimum atomic E-state index is -0.604. The molecule has 0 unspecified atom stereocenters. The molecular weight excluding hydrogens is 464 g/mol. The van der Waals surface area contributed by atoms with Gasteiger partial charge < -0.3 is 20.3 Å². The first kappa shape index (κ1) is 22.4. The number of nitrogen functional groups attached to an aromatic ring is 1. The molecule has 5 aromatic rings. The van der Waals surface area contributed by atoms with E-state index in [0.29, 0.717) is 27.9 Å². The van der Waals surface area contributed by atoms with Crippen LogP contribution in [0.15, 0.2) is 58.4 Å². The van der Waals surface area contributed by atoms with Crippen molar-refractivity contribution in [2.45, 2.75) is 13.0 Å². The van der Waals surface area contributed by atoms with Crippen LogP contribution in [0.2, 0.25) is 0 Å². The molecule has 0 saturated carbocycles. The van der Waals surface area contributed by atoms with Crippen molar-refractivity contribution in [2.24, 2.45) is 0 Å². The van der Waals surface area contributed by atoms with Crippen molar-refractivity contribution in [1.82, 2.24) is 34.6 Å². The fourth-order valence-electron chi connectivity index (χ4n) is 3.74. The standard InChI is InChI=1S/C23H18N10O3/c1-12(29-19-13(8-24)9-26-22(25)31-19)20-30-16-5-3-4-15(14-10-27-23(35-2)28-11-14)18(16)21(34)33(20)17-6-7-36-32-17/h3-7,9-12H,1-2H3,(H3,25,26,29,31)/t12-/m1/s1. The Hall–Kier alpha value is -5.38. The summed E-state index contributed by atoms with van der Waals surface area (Å²) in [4.78, 5) is 35.0. The Morgan fingerprint density at radius 1 is 1.17 bits per heavy atom. The van der Waals surface area contributed by atoms with E-state index in [2.05, 4.69) is 30.4 Å². The fraction of sp³-hybridized carbons (Fsp3) is 0.130. The molecule has 0 aliphatic carbocycles. The van der Waals surface area contributed by atoms with E-state index in [1.165, 1.54) is 24.1 Å². The molecule has 0 fully saturated rings. The number of hydrogen-bond donors (Lipinski definition) is 2. The highest BCUT2D eigenvalue weighted by Gasteiger charge is 2.22. The largest absolute Gasteiger partial charge is 0.467 e. The summed E-state index contributed by atoms with van der Waals surface area (Å²) in [6, 6.07) is 8.48. The summed E-state index contributed by atoms with van der Waals surface area (Å²) >= 11 is 0. The van der Waals surface area contributed by atoms with Crippen LogP contribution in [0.1, 0.15) is 24.4 Å². The minimum absolute atomic E-state index is 0.00425. The first-order valence-electron chi connectivity index (χ1n) is 10.6. The van der Waals surface area contributed by atoms with Crippen LogP contribution in [0.5, 0.6) is 6.01 Å². The molecular formula is C23H18N10O3. The number of nitrogens with two attached hydrogens (primary N) is 1. The van der Waals surface area contributed by atoms with E-state index in [9.17, 15) is 10.1 Å². The van der Waals surface area contributed by atoms with E-state index < -0.39 is 6.04 Å². The molecule has 1 aromatic carbocycles. The van der Waals surface area contributed by atoms with Gasteiger partial charge in [-0.2, -0.15) is 10.2 Å². The number of anilines is 2. The molecule has 0 aliphatic heterocycles. The van der Waals surface area contributed by atoms with Crippen LogP contribution >= 0.6 is 0 Å². The summed E-state index contributed by atoms with van der Waals surface area (Å²) in [6.45, 7) is 1.77. The summed E-state index contributed by atoms with van der Waals surface area (Å²) in [6.07, 6.45) is 5.82. The molecule has 4 heterocycles. The van der Waals surface area contributed by atoms with Gasteiger partial charge in [0.25, 0.3) is 5.56 Å². The van der Waals surface area contributed by atoms with Gasteiger partial charge in [-0.15, -0.1) is 0 Å². The predicted octanol–water partition coefficient (Wildman–Crippen LogP) is 2.26. The van der Waals surface area contributed by atoms with E-state index in [0.717, 1.165) is 0 Å². The molecule has 0 aliphatic rings. The van der Waals surface area contributed by atoms with Crippen molar-refractivity contribution in [2.75, 3.05) is 18.2 Å². The second-order valence-electron chi connectivity index (χ2n) is 7.59. The molecule has 13 nitrogen and oxygen atoms in total. The fourth-order valence-corrected chi connectivity index (χ4v) is 3.74. The first-order chi connectivity index (χ1) is 17.5. The number of benzene rings is 1. The van der Waals surface area contributed by atoms with Gasteiger partial charge in [0.15, 0.2) is 5.82 Å². The summed E-state index contributed by atoms with van der Waals surface area (Å²) in [7, 11) is 1.47. The number of fused-ring (bicyclic) bond motifs is 1. The number of nitrogens with zero attached hydrogens (tertiary/aromatic N) is 8. The average Bonchev–Trinajstić information content (AvgIpc) is 3.43. The monoisotopic (exact) mass is 482 g/mol. The van der Waals surface area contributed by atoms with Crippen molar-refractivity contribution in [1.29, 1.82) is 5.26 Å². The van der Waals surface area contributed by atoms with Gasteiger partial charge in [-0.3, -0.25) is 4.79 Å². The van der Waals surface area contributed by atoms with E-state index in [-0.39, 0.29) is 34.7 Å². The van der Waals surface area contributed by atoms with Gasteiger partial charge in [-0.05, 0) is 18.6 Å². The van der Waals surface area contributed by atoms with Crippen LogP contribution in [-0.4, -0.2) is 41.8 Å². The number of aromatic nitrogens is 7. The molecule has 0 spiro atoms. The molecule has 0 bridgehead atoms. The van der Waals surface area contributed by atoms with Crippen molar-refractivity contribution in [3.8, 4) is 29.0 Å². The number of ether oxygens (including phenoxy) is 1. The molecule has 178 valence electrons. The highest BCUT2D eigenvalue weighted by molar-refractivity contribution is 5.93. The second kappa shape index (κ2) is 9.11. The quantitative estimate of drug-likeness (QED) is 0.360. The zero-order chi connectivity index (χ0) is 25.2. The topological polar surface area (TPSA) is 184 Å². The van der Waals surface area contributed by atoms with Crippen LogP contribution in [0.25, 0.3) is 27.8 Å². The summed E-state index contributed by atoms with van der Waals surface area (Å²) in [5, 5.41) is 16.8. The molecule has 36 heavy (non-hydrogen) atoms. The van der Waals surface area contributed by atoms with Gasteiger partial charge in [0, 0.05) is 24.0 Å². The number of methoxy groups -OCH3 is 1. The Morgan fingerprint density at radius 2 is 1.97 bits per heavy atom. The Kier molecular flexibility index (Phi) is 5.67. The van der Waals surface area contributed by atoms with Crippen molar-refractivity contribution in [3.63, 3.8) is 0 Å². The van der Waals surface area contributed by atoms with Gasteiger partial charge >= 0.3 is 6.01 Å². The lowest BCUT2D eigenvalue weighted by Gasteiger charge is -2.19. The van der Waals surface area contributed by atoms with E-state index >= 15 is 0 Å². The van der Waals surface area contributed by atoms with Gasteiger partial charge in [0.1, 0.15) is 29.5 Å². The lowest BCUT2D eigenvalue weighted by atomic mass is 10.0. The van der Waals surface area contributed by atoms with Crippen LogP contribution in [0, 0.1) is 11.3 Å². The lowest BCUT2D eigenvalue weighted by Crippen LogP contribution is -2.28. The Bertz CT molecular complexity index is 1660. The molecule has 5 rings (SSSR count). The number of rotatable bonds is 6. The summed E-state index contributed by atoms with van der Waals surface area (Å²) in [5.41, 5.74) is 7.16. The molecule has 0 radical (unpaired) electrons. The summed E-state index contributed by atoms with van der Waals surface area (Å²) in [5.74, 6) is 0.755. The molecule has 13 heteroatoms. The normalized spacial score (nSPS) is 11.7. The molecule has 3 N–H and O–H groups in total. The Morgan fingerprint density at radius 3 is 2.67 bits per heavy atom. The third-order valence-corrected chi connectivity index (χ3v) is 5.37. The van der Waals surface area contributed by atoms with Gasteiger partial charge in [0.2, 0.25) is 5.95 Å². The number of hydrogen-bond acceptors (Lipinski definition) is 12. The molecule has 0 amide bonds. The maximum absolute atomic E-state index is 13.9. The summed E-state index contributed by atoms with van der Waals surface area (Å²) < 4.78 is 11.4. The van der Waals surface area contributed by atoms with E-state index in [4.69, 9.17) is 20.0 Å².